The van der Waals surface area contributed by atoms with Crippen LogP contribution in [-0.4, -0.2) is 27.9 Å². The Hall–Kier alpha value is -1.55. The highest BCUT2D eigenvalue weighted by molar-refractivity contribution is 6.31. The van der Waals surface area contributed by atoms with E-state index in [9.17, 15) is 14.7 Å². The molecule has 0 aliphatic heterocycles. The van der Waals surface area contributed by atoms with Crippen molar-refractivity contribution in [3.8, 4) is 0 Å². The molecule has 1 aromatic carbocycles. The number of rotatable bonds is 4. The second-order valence-electron chi connectivity index (χ2n) is 4.91. The van der Waals surface area contributed by atoms with Gasteiger partial charge < -0.3 is 10.0 Å². The van der Waals surface area contributed by atoms with Crippen molar-refractivity contribution in [2.45, 2.75) is 38.8 Å². The third-order valence-electron chi connectivity index (χ3n) is 3.33. The lowest BCUT2D eigenvalue weighted by Crippen LogP contribution is -2.39. The van der Waals surface area contributed by atoms with Crippen LogP contribution in [0, 0.1) is 6.92 Å². The van der Waals surface area contributed by atoms with Gasteiger partial charge in [-0.2, -0.15) is 0 Å². The van der Waals surface area contributed by atoms with Gasteiger partial charge >= 0.3 is 5.97 Å². The molecule has 1 unspecified atom stereocenters. The molecule has 1 saturated carbocycles. The number of carbonyl (C=O) groups excluding carboxylic acids is 1. The quantitative estimate of drug-likeness (QED) is 0.923. The van der Waals surface area contributed by atoms with Gasteiger partial charge in [-0.15, -0.1) is 0 Å². The van der Waals surface area contributed by atoms with E-state index in [4.69, 9.17) is 11.6 Å². The summed E-state index contributed by atoms with van der Waals surface area (Å²) in [6.45, 7) is 3.26. The number of aryl methyl sites for hydroxylation is 1. The lowest BCUT2D eigenvalue weighted by Gasteiger charge is -2.28. The lowest BCUT2D eigenvalue weighted by atomic mass is 10.0. The Labute approximate surface area is 117 Å². The largest absolute Gasteiger partial charge is 0.479 e. The molecule has 1 amide bonds. The Morgan fingerprint density at radius 1 is 1.42 bits per heavy atom. The zero-order valence-electron chi connectivity index (χ0n) is 10.9. The average molecular weight is 282 g/mol. The summed E-state index contributed by atoms with van der Waals surface area (Å²) in [6, 6.07) is 4.22. The Balaban J connectivity index is 2.41. The molecular formula is C14H16ClNO3. The highest BCUT2D eigenvalue weighted by Gasteiger charge is 2.40. The molecule has 1 aliphatic carbocycles. The molecule has 0 saturated heterocycles. The maximum Gasteiger partial charge on any atom is 0.331 e. The standard InChI is InChI=1S/C14H16ClNO3/c1-8-3-4-10(7-12(8)15)13(14(18)19)16(9(2)17)11-5-6-11/h3-4,7,11,13H,5-6H2,1-2H3,(H,18,19). The molecule has 19 heavy (non-hydrogen) atoms. The summed E-state index contributed by atoms with van der Waals surface area (Å²) < 4.78 is 0. The smallest absolute Gasteiger partial charge is 0.331 e. The number of benzene rings is 1. The van der Waals surface area contributed by atoms with Crippen LogP contribution in [0.1, 0.15) is 36.9 Å². The molecule has 5 heteroatoms. The van der Waals surface area contributed by atoms with E-state index in [1.165, 1.54) is 11.8 Å². The molecule has 0 aromatic heterocycles. The first-order valence-electron chi connectivity index (χ1n) is 6.19. The predicted octanol–water partition coefficient (Wildman–Crippen LogP) is 2.79. The number of nitrogens with zero attached hydrogens (tertiary/aromatic N) is 1. The first-order chi connectivity index (χ1) is 8.91. The van der Waals surface area contributed by atoms with E-state index in [1.54, 1.807) is 18.2 Å². The monoisotopic (exact) mass is 281 g/mol. The fourth-order valence-electron chi connectivity index (χ4n) is 2.20. The van der Waals surface area contributed by atoms with Crippen LogP contribution in [-0.2, 0) is 9.59 Å². The molecule has 1 aliphatic rings. The van der Waals surface area contributed by atoms with Crippen LogP contribution in [0.2, 0.25) is 5.02 Å². The zero-order chi connectivity index (χ0) is 14.2. The lowest BCUT2D eigenvalue weighted by molar-refractivity contribution is -0.150. The number of amides is 1. The predicted molar refractivity (Wildman–Crippen MR) is 72.1 cm³/mol. The SMILES string of the molecule is CC(=O)N(C1CC1)C(C(=O)O)c1ccc(C)c(Cl)c1. The van der Waals surface area contributed by atoms with Gasteiger partial charge in [0.2, 0.25) is 5.91 Å². The van der Waals surface area contributed by atoms with Crippen molar-refractivity contribution >= 4 is 23.5 Å². The van der Waals surface area contributed by atoms with Crippen molar-refractivity contribution in [1.82, 2.24) is 4.90 Å². The summed E-state index contributed by atoms with van der Waals surface area (Å²) >= 11 is 6.05. The van der Waals surface area contributed by atoms with Crippen molar-refractivity contribution in [2.75, 3.05) is 0 Å². The highest BCUT2D eigenvalue weighted by atomic mass is 35.5. The van der Waals surface area contributed by atoms with Gasteiger partial charge in [0.1, 0.15) is 0 Å². The molecule has 0 spiro atoms. The molecule has 1 fully saturated rings. The molecule has 2 rings (SSSR count). The van der Waals surface area contributed by atoms with Crippen LogP contribution >= 0.6 is 11.6 Å². The van der Waals surface area contributed by atoms with E-state index in [-0.39, 0.29) is 11.9 Å². The zero-order valence-corrected chi connectivity index (χ0v) is 11.6. The van der Waals surface area contributed by atoms with Crippen molar-refractivity contribution in [1.29, 1.82) is 0 Å². The first-order valence-corrected chi connectivity index (χ1v) is 6.57. The summed E-state index contributed by atoms with van der Waals surface area (Å²) in [5.41, 5.74) is 1.43. The second-order valence-corrected chi connectivity index (χ2v) is 5.31. The van der Waals surface area contributed by atoms with E-state index in [0.29, 0.717) is 10.6 Å². The number of hydrogen-bond donors (Lipinski definition) is 1. The van der Waals surface area contributed by atoms with Crippen LogP contribution in [0.25, 0.3) is 0 Å². The minimum absolute atomic E-state index is 0.0404. The molecule has 0 bridgehead atoms. The number of carbonyl (C=O) groups is 2. The topological polar surface area (TPSA) is 57.6 Å². The van der Waals surface area contributed by atoms with Crippen molar-refractivity contribution in [3.05, 3.63) is 34.3 Å². The van der Waals surface area contributed by atoms with Crippen LogP contribution in [0.15, 0.2) is 18.2 Å². The van der Waals surface area contributed by atoms with Gasteiger partial charge in [0.25, 0.3) is 0 Å². The molecule has 4 nitrogen and oxygen atoms in total. The fraction of sp³-hybridized carbons (Fsp3) is 0.429. The fourth-order valence-corrected chi connectivity index (χ4v) is 2.39. The molecule has 102 valence electrons. The van der Waals surface area contributed by atoms with E-state index in [0.717, 1.165) is 18.4 Å². The maximum atomic E-state index is 11.7. The summed E-state index contributed by atoms with van der Waals surface area (Å²) in [4.78, 5) is 24.7. The minimum Gasteiger partial charge on any atom is -0.479 e. The van der Waals surface area contributed by atoms with Gasteiger partial charge in [-0.05, 0) is 37.0 Å². The van der Waals surface area contributed by atoms with Crippen LogP contribution < -0.4 is 0 Å². The molecule has 1 atom stereocenters. The van der Waals surface area contributed by atoms with Gasteiger partial charge in [0.05, 0.1) is 0 Å². The van der Waals surface area contributed by atoms with Gasteiger partial charge in [-0.3, -0.25) is 4.79 Å². The van der Waals surface area contributed by atoms with Gasteiger partial charge in [-0.1, -0.05) is 23.7 Å². The summed E-state index contributed by atoms with van der Waals surface area (Å²) in [5.74, 6) is -1.24. The number of hydrogen-bond acceptors (Lipinski definition) is 2. The van der Waals surface area contributed by atoms with Gasteiger partial charge in [0, 0.05) is 18.0 Å². The van der Waals surface area contributed by atoms with E-state index < -0.39 is 12.0 Å². The van der Waals surface area contributed by atoms with Crippen LogP contribution in [0.5, 0.6) is 0 Å². The number of halogens is 1. The second kappa shape index (κ2) is 5.21. The van der Waals surface area contributed by atoms with Crippen LogP contribution in [0.3, 0.4) is 0 Å². The van der Waals surface area contributed by atoms with E-state index in [1.807, 2.05) is 6.92 Å². The third kappa shape index (κ3) is 2.89. The van der Waals surface area contributed by atoms with Gasteiger partial charge in [-0.25, -0.2) is 4.79 Å². The van der Waals surface area contributed by atoms with Crippen molar-refractivity contribution in [3.63, 3.8) is 0 Å². The minimum atomic E-state index is -1.03. The van der Waals surface area contributed by atoms with Crippen molar-refractivity contribution in [2.24, 2.45) is 0 Å². The van der Waals surface area contributed by atoms with E-state index >= 15 is 0 Å². The first kappa shape index (κ1) is 13.9. The molecule has 1 aromatic rings. The molecule has 1 N–H and O–H groups in total. The highest BCUT2D eigenvalue weighted by Crippen LogP contribution is 2.35. The van der Waals surface area contributed by atoms with Crippen molar-refractivity contribution < 1.29 is 14.7 Å². The normalized spacial score (nSPS) is 15.9. The molecular weight excluding hydrogens is 266 g/mol. The summed E-state index contributed by atoms with van der Waals surface area (Å²) in [6.07, 6.45) is 1.73. The Morgan fingerprint density at radius 2 is 2.05 bits per heavy atom. The van der Waals surface area contributed by atoms with E-state index in [2.05, 4.69) is 0 Å². The third-order valence-corrected chi connectivity index (χ3v) is 3.73. The summed E-state index contributed by atoms with van der Waals surface area (Å²) in [7, 11) is 0. The summed E-state index contributed by atoms with van der Waals surface area (Å²) in [5, 5.41) is 9.96. The van der Waals surface area contributed by atoms with Gasteiger partial charge in [0.15, 0.2) is 6.04 Å². The Bertz CT molecular complexity index is 525. The number of aliphatic carboxylic acids is 1. The molecule has 0 heterocycles. The average Bonchev–Trinajstić information content (AvgIpc) is 3.12. The number of carboxylic acids is 1. The Morgan fingerprint density at radius 3 is 2.47 bits per heavy atom. The maximum absolute atomic E-state index is 11.7. The molecule has 0 radical (unpaired) electrons. The Kier molecular flexibility index (Phi) is 3.80. The van der Waals surface area contributed by atoms with Crippen LogP contribution in [0.4, 0.5) is 0 Å². The number of carboxylic acid groups (broad SMARTS) is 1.